The monoisotopic (exact) mass is 336 g/mol. The summed E-state index contributed by atoms with van der Waals surface area (Å²) in [6.45, 7) is 0.907. The zero-order valence-electron chi connectivity index (χ0n) is 13.2. The maximum atomic E-state index is 11.9. The molecule has 0 spiro atoms. The summed E-state index contributed by atoms with van der Waals surface area (Å²) in [5, 5.41) is 2.76. The molecular weight excluding hydrogens is 316 g/mol. The summed E-state index contributed by atoms with van der Waals surface area (Å²) in [6.07, 6.45) is 2.69. The lowest BCUT2D eigenvalue weighted by Gasteiger charge is -2.10. The first-order valence-corrected chi connectivity index (χ1v) is 8.20. The number of pyridine rings is 1. The SMILES string of the molecule is CN(C)Cc1ccnc(CCC(=O)CNC2=NS(=O)N=C2N)c1. The number of amidine groups is 2. The quantitative estimate of drug-likeness (QED) is 0.699. The summed E-state index contributed by atoms with van der Waals surface area (Å²) in [6, 6.07) is 3.98. The molecule has 1 atom stereocenters. The van der Waals surface area contributed by atoms with Crippen LogP contribution in [0.3, 0.4) is 0 Å². The van der Waals surface area contributed by atoms with E-state index in [1.807, 2.05) is 26.2 Å². The van der Waals surface area contributed by atoms with Crippen LogP contribution in [0, 0.1) is 0 Å². The van der Waals surface area contributed by atoms with E-state index >= 15 is 0 Å². The normalized spacial score (nSPS) is 17.1. The van der Waals surface area contributed by atoms with Crippen molar-refractivity contribution >= 4 is 28.6 Å². The maximum Gasteiger partial charge on any atom is 0.269 e. The van der Waals surface area contributed by atoms with Crippen molar-refractivity contribution in [3.8, 4) is 0 Å². The van der Waals surface area contributed by atoms with Gasteiger partial charge in [-0.25, -0.2) is 4.21 Å². The number of rotatable bonds is 7. The number of aromatic nitrogens is 1. The molecule has 2 rings (SSSR count). The number of ketones is 1. The van der Waals surface area contributed by atoms with Crippen molar-refractivity contribution < 1.29 is 9.00 Å². The Kier molecular flexibility index (Phi) is 5.94. The molecule has 1 aliphatic heterocycles. The fraction of sp³-hybridized carbons (Fsp3) is 0.429. The number of hydrogen-bond donors (Lipinski definition) is 2. The highest BCUT2D eigenvalue weighted by Crippen LogP contribution is 2.06. The third kappa shape index (κ3) is 5.53. The predicted octanol–water partition coefficient (Wildman–Crippen LogP) is -0.417. The molecule has 0 amide bonds. The van der Waals surface area contributed by atoms with Gasteiger partial charge in [0, 0.05) is 24.9 Å². The van der Waals surface area contributed by atoms with Gasteiger partial charge in [-0.05, 0) is 38.2 Å². The topological polar surface area (TPSA) is 113 Å². The molecule has 1 aromatic rings. The molecule has 8 nitrogen and oxygen atoms in total. The largest absolute Gasteiger partial charge is 0.380 e. The van der Waals surface area contributed by atoms with Gasteiger partial charge in [0.25, 0.3) is 11.2 Å². The number of carbonyl (C=O) groups excluding carboxylic acids is 1. The molecule has 0 saturated heterocycles. The van der Waals surface area contributed by atoms with Crippen LogP contribution in [-0.4, -0.2) is 52.2 Å². The molecule has 23 heavy (non-hydrogen) atoms. The van der Waals surface area contributed by atoms with Crippen molar-refractivity contribution in [1.82, 2.24) is 15.2 Å². The predicted molar refractivity (Wildman–Crippen MR) is 90.2 cm³/mol. The highest BCUT2D eigenvalue weighted by Gasteiger charge is 2.16. The minimum Gasteiger partial charge on any atom is -0.380 e. The number of aryl methyl sites for hydroxylation is 1. The van der Waals surface area contributed by atoms with E-state index < -0.39 is 11.2 Å². The molecule has 1 unspecified atom stereocenters. The van der Waals surface area contributed by atoms with Gasteiger partial charge in [0.2, 0.25) is 0 Å². The molecule has 9 heteroatoms. The minimum absolute atomic E-state index is 0.00186. The van der Waals surface area contributed by atoms with Gasteiger partial charge in [0.15, 0.2) is 17.5 Å². The van der Waals surface area contributed by atoms with Gasteiger partial charge in [0.1, 0.15) is 0 Å². The Morgan fingerprint density at radius 3 is 2.83 bits per heavy atom. The van der Waals surface area contributed by atoms with E-state index in [9.17, 15) is 9.00 Å². The Morgan fingerprint density at radius 1 is 1.39 bits per heavy atom. The summed E-state index contributed by atoms with van der Waals surface area (Å²) < 4.78 is 18.3. The lowest BCUT2D eigenvalue weighted by Crippen LogP contribution is -2.37. The first kappa shape index (κ1) is 17.2. The molecule has 0 bridgehead atoms. The second-order valence-corrected chi connectivity index (χ2v) is 6.26. The smallest absolute Gasteiger partial charge is 0.269 e. The summed E-state index contributed by atoms with van der Waals surface area (Å²) in [5.74, 6) is 0.273. The molecule has 1 aromatic heterocycles. The van der Waals surface area contributed by atoms with Crippen molar-refractivity contribution in [2.24, 2.45) is 14.5 Å². The molecule has 0 aromatic carbocycles. The van der Waals surface area contributed by atoms with Crippen molar-refractivity contribution in [2.75, 3.05) is 20.6 Å². The number of hydrogen-bond acceptors (Lipinski definition) is 6. The fourth-order valence-corrected chi connectivity index (χ4v) is 2.67. The van der Waals surface area contributed by atoms with Crippen molar-refractivity contribution in [3.63, 3.8) is 0 Å². The van der Waals surface area contributed by atoms with Gasteiger partial charge in [-0.3, -0.25) is 9.78 Å². The van der Waals surface area contributed by atoms with Gasteiger partial charge in [-0.1, -0.05) is 0 Å². The molecule has 0 fully saturated rings. The van der Waals surface area contributed by atoms with Gasteiger partial charge in [0.05, 0.1) is 6.54 Å². The van der Waals surface area contributed by atoms with Crippen LogP contribution in [0.4, 0.5) is 0 Å². The second kappa shape index (κ2) is 7.93. The summed E-state index contributed by atoms with van der Waals surface area (Å²) in [4.78, 5) is 18.3. The van der Waals surface area contributed by atoms with Crippen LogP contribution in [0.1, 0.15) is 17.7 Å². The highest BCUT2D eigenvalue weighted by atomic mass is 32.2. The average Bonchev–Trinajstić information content (AvgIpc) is 2.80. The summed E-state index contributed by atoms with van der Waals surface area (Å²) >= 11 is -1.68. The first-order chi connectivity index (χ1) is 10.9. The third-order valence-electron chi connectivity index (χ3n) is 3.08. The molecule has 3 N–H and O–H groups in total. The van der Waals surface area contributed by atoms with E-state index in [0.29, 0.717) is 12.8 Å². The van der Waals surface area contributed by atoms with E-state index in [1.54, 1.807) is 6.20 Å². The minimum atomic E-state index is -1.68. The average molecular weight is 336 g/mol. The third-order valence-corrected chi connectivity index (χ3v) is 3.77. The van der Waals surface area contributed by atoms with Gasteiger partial charge in [-0.15, -0.1) is 8.80 Å². The Bertz CT molecular complexity index is 671. The molecule has 0 aliphatic carbocycles. The van der Waals surface area contributed by atoms with Crippen LogP contribution in [0.25, 0.3) is 0 Å². The van der Waals surface area contributed by atoms with E-state index in [1.165, 1.54) is 0 Å². The summed E-state index contributed by atoms with van der Waals surface area (Å²) in [7, 11) is 4.01. The Morgan fingerprint density at radius 2 is 2.17 bits per heavy atom. The van der Waals surface area contributed by atoms with E-state index in [-0.39, 0.29) is 24.0 Å². The highest BCUT2D eigenvalue weighted by molar-refractivity contribution is 7.83. The van der Waals surface area contributed by atoms with Gasteiger partial charge < -0.3 is 16.0 Å². The molecule has 0 saturated carbocycles. The number of nitrogens with two attached hydrogens (primary N) is 1. The zero-order valence-corrected chi connectivity index (χ0v) is 14.0. The Labute approximate surface area is 137 Å². The lowest BCUT2D eigenvalue weighted by atomic mass is 10.1. The standard InChI is InChI=1S/C14H20N6O2S/c1-20(2)9-10-5-6-16-11(7-10)3-4-12(21)8-17-14-13(15)18-23(22)19-14/h5-7H,3-4,8-9H2,1-2H3,(H2,15,18)(H,17,19). The van der Waals surface area contributed by atoms with Crippen LogP contribution in [0.15, 0.2) is 27.1 Å². The number of carbonyl (C=O) groups is 1. The van der Waals surface area contributed by atoms with Crippen molar-refractivity contribution in [1.29, 1.82) is 0 Å². The Hall–Kier alpha value is -2.13. The van der Waals surface area contributed by atoms with Crippen LogP contribution in [0.2, 0.25) is 0 Å². The second-order valence-electron chi connectivity index (χ2n) is 5.43. The maximum absolute atomic E-state index is 11.9. The molecule has 2 heterocycles. The van der Waals surface area contributed by atoms with E-state index in [4.69, 9.17) is 5.73 Å². The van der Waals surface area contributed by atoms with Crippen LogP contribution in [-0.2, 0) is 28.9 Å². The molecule has 1 aliphatic rings. The van der Waals surface area contributed by atoms with Gasteiger partial charge >= 0.3 is 0 Å². The van der Waals surface area contributed by atoms with Crippen molar-refractivity contribution in [2.45, 2.75) is 19.4 Å². The van der Waals surface area contributed by atoms with Crippen molar-refractivity contribution in [3.05, 3.63) is 29.6 Å². The van der Waals surface area contributed by atoms with Crippen LogP contribution in [0.5, 0.6) is 0 Å². The summed E-state index contributed by atoms with van der Waals surface area (Å²) in [5.41, 5.74) is 7.57. The molecular formula is C14H20N6O2S. The van der Waals surface area contributed by atoms with Crippen LogP contribution < -0.4 is 11.1 Å². The van der Waals surface area contributed by atoms with Crippen LogP contribution >= 0.6 is 0 Å². The Balaban J connectivity index is 1.79. The fourth-order valence-electron chi connectivity index (χ4n) is 2.06. The first-order valence-electron chi connectivity index (χ1n) is 7.13. The number of Topliss-reactive ketones (excluding diaryl/α,β-unsaturated/α-hetero) is 1. The zero-order chi connectivity index (χ0) is 16.8. The molecule has 0 radical (unpaired) electrons. The number of nitrogens with zero attached hydrogens (tertiary/aromatic N) is 4. The number of nitrogens with one attached hydrogen (secondary N) is 1. The van der Waals surface area contributed by atoms with Gasteiger partial charge in [-0.2, -0.15) is 0 Å². The van der Waals surface area contributed by atoms with E-state index in [2.05, 4.69) is 24.0 Å². The molecule has 124 valence electrons. The van der Waals surface area contributed by atoms with E-state index in [0.717, 1.165) is 17.8 Å². The lowest BCUT2D eigenvalue weighted by molar-refractivity contribution is -0.118.